The maximum Gasteiger partial charge on any atom is 0.293 e. The Hall–Kier alpha value is -2.05. The molecule has 6 heteroatoms. The van der Waals surface area contributed by atoms with Crippen LogP contribution in [0.15, 0.2) is 23.8 Å². The number of β-amino-alcohol motifs (C(OH)–C–C–N with tert-alkyl or cyclic N) is 1. The molecule has 0 spiro atoms. The number of aliphatic hydroxyl groups is 1. The number of rotatable bonds is 11. The number of fused-ring (bicyclic) bond motifs is 3. The van der Waals surface area contributed by atoms with E-state index in [1.54, 1.807) is 0 Å². The van der Waals surface area contributed by atoms with Crippen molar-refractivity contribution in [2.75, 3.05) is 19.6 Å². The van der Waals surface area contributed by atoms with Crippen LogP contribution < -0.4 is 4.74 Å². The lowest BCUT2D eigenvalue weighted by molar-refractivity contribution is -0.132. The fraction of sp³-hybridized carbons (Fsp3) is 0.710. The van der Waals surface area contributed by atoms with Crippen LogP contribution in [-0.2, 0) is 14.9 Å². The van der Waals surface area contributed by atoms with Gasteiger partial charge < -0.3 is 19.7 Å². The van der Waals surface area contributed by atoms with Gasteiger partial charge in [-0.3, -0.25) is 9.69 Å². The van der Waals surface area contributed by atoms with Crippen LogP contribution in [0.25, 0.3) is 0 Å². The zero-order valence-electron chi connectivity index (χ0n) is 23.5. The summed E-state index contributed by atoms with van der Waals surface area (Å²) in [7, 11) is 0. The maximum atomic E-state index is 11.3. The first kappa shape index (κ1) is 28.0. The second-order valence-corrected chi connectivity index (χ2v) is 12.7. The fourth-order valence-corrected chi connectivity index (χ4v) is 6.74. The van der Waals surface area contributed by atoms with Gasteiger partial charge in [0.25, 0.3) is 6.47 Å². The lowest BCUT2D eigenvalue weighted by atomic mass is 9.66. The van der Waals surface area contributed by atoms with Crippen molar-refractivity contribution in [3.05, 3.63) is 34.9 Å². The van der Waals surface area contributed by atoms with Crippen LogP contribution in [0.4, 0.5) is 0 Å². The number of aliphatic hydroxyl groups excluding tert-OH is 1. The molecule has 6 nitrogen and oxygen atoms in total. The third-order valence-electron chi connectivity index (χ3n) is 9.11. The average Bonchev–Trinajstić information content (AvgIpc) is 3.27. The number of carbonyl (C=O) groups excluding carboxylic acids is 1. The first-order chi connectivity index (χ1) is 17.6. The van der Waals surface area contributed by atoms with Crippen molar-refractivity contribution in [1.82, 2.24) is 4.90 Å². The summed E-state index contributed by atoms with van der Waals surface area (Å²) < 4.78 is 11.7. The normalized spacial score (nSPS) is 26.0. The van der Waals surface area contributed by atoms with Crippen molar-refractivity contribution in [3.63, 3.8) is 0 Å². The molecule has 2 heterocycles. The summed E-state index contributed by atoms with van der Waals surface area (Å²) in [5, 5.41) is 22.5. The molecule has 0 radical (unpaired) electrons. The summed E-state index contributed by atoms with van der Waals surface area (Å²) in [5.74, 6) is 1.45. The molecule has 1 aromatic carbocycles. The van der Waals surface area contributed by atoms with E-state index in [0.717, 1.165) is 48.3 Å². The van der Waals surface area contributed by atoms with E-state index in [9.17, 15) is 15.0 Å². The number of benzene rings is 1. The third-order valence-corrected chi connectivity index (χ3v) is 9.11. The number of allylic oxidation sites excluding steroid dienone is 1. The summed E-state index contributed by atoms with van der Waals surface area (Å²) in [6.07, 6.45) is 9.84. The molecule has 2 unspecified atom stereocenters. The van der Waals surface area contributed by atoms with E-state index in [2.05, 4.69) is 51.7 Å². The lowest BCUT2D eigenvalue weighted by Gasteiger charge is -2.48. The van der Waals surface area contributed by atoms with Crippen LogP contribution in [0, 0.1) is 5.92 Å². The predicted molar refractivity (Wildman–Crippen MR) is 146 cm³/mol. The highest BCUT2D eigenvalue weighted by molar-refractivity contribution is 5.54. The molecule has 1 aliphatic carbocycles. The molecule has 4 atom stereocenters. The Morgan fingerprint density at radius 2 is 2.05 bits per heavy atom. The minimum Gasteiger partial charge on any atom is -0.508 e. The number of hydrogen-bond acceptors (Lipinski definition) is 6. The van der Waals surface area contributed by atoms with Gasteiger partial charge in [-0.2, -0.15) is 0 Å². The monoisotopic (exact) mass is 513 g/mol. The molecule has 0 amide bonds. The van der Waals surface area contributed by atoms with E-state index in [4.69, 9.17) is 9.47 Å². The Kier molecular flexibility index (Phi) is 8.59. The van der Waals surface area contributed by atoms with Gasteiger partial charge in [0.1, 0.15) is 23.2 Å². The minimum atomic E-state index is -0.575. The number of likely N-dealkylation sites (tertiary alicyclic amines) is 1. The first-order valence-electron chi connectivity index (χ1n) is 14.3. The average molecular weight is 514 g/mol. The van der Waals surface area contributed by atoms with Crippen molar-refractivity contribution < 1.29 is 24.5 Å². The largest absolute Gasteiger partial charge is 0.508 e. The standard InChI is InChI=1S/C31H47NO5/c1-6-7-8-9-13-30(2,3)22-16-26(34)29-24-15-21(10-11-25(24)31(4,5)37-28(29)17-22)27(35)19-32-14-12-23(18-32)36-20-33/h10,16-17,20,23-25,27,34-35H,6-9,11-15,18-19H2,1-5H3/t23?,24-,25-,27?/m1/s1. The van der Waals surface area contributed by atoms with Crippen molar-refractivity contribution >= 4 is 6.47 Å². The molecule has 206 valence electrons. The Balaban J connectivity index is 1.52. The smallest absolute Gasteiger partial charge is 0.293 e. The van der Waals surface area contributed by atoms with Crippen molar-refractivity contribution in [3.8, 4) is 11.5 Å². The molecule has 0 bridgehead atoms. The van der Waals surface area contributed by atoms with Gasteiger partial charge in [-0.1, -0.05) is 52.5 Å². The second-order valence-electron chi connectivity index (χ2n) is 12.7. The highest BCUT2D eigenvalue weighted by Gasteiger charge is 2.47. The summed E-state index contributed by atoms with van der Waals surface area (Å²) in [4.78, 5) is 12.8. The third kappa shape index (κ3) is 6.17. The molecule has 4 rings (SSSR count). The van der Waals surface area contributed by atoms with Crippen LogP contribution >= 0.6 is 0 Å². The van der Waals surface area contributed by atoms with Gasteiger partial charge in [-0.25, -0.2) is 0 Å². The minimum absolute atomic E-state index is 0.0421. The molecule has 3 aliphatic rings. The van der Waals surface area contributed by atoms with E-state index in [-0.39, 0.29) is 29.0 Å². The summed E-state index contributed by atoms with van der Waals surface area (Å²) in [6.45, 7) is 13.6. The van der Waals surface area contributed by atoms with Gasteiger partial charge in [0.05, 0.1) is 6.10 Å². The quantitative estimate of drug-likeness (QED) is 0.220. The summed E-state index contributed by atoms with van der Waals surface area (Å²) in [6, 6.07) is 4.13. The molecule has 37 heavy (non-hydrogen) atoms. The SMILES string of the molecule is CCCCCCC(C)(C)c1cc(O)c2c(c1)OC(C)(C)[C@@H]1CC=C(C(O)CN3CCC(OC=O)C3)C[C@@H]21. The zero-order chi connectivity index (χ0) is 26.8. The topological polar surface area (TPSA) is 79.2 Å². The number of aromatic hydroxyl groups is 1. The van der Waals surface area contributed by atoms with Gasteiger partial charge in [-0.05, 0) is 68.2 Å². The predicted octanol–water partition coefficient (Wildman–Crippen LogP) is 5.84. The molecule has 0 aromatic heterocycles. The van der Waals surface area contributed by atoms with Crippen molar-refractivity contribution in [1.29, 1.82) is 0 Å². The van der Waals surface area contributed by atoms with Gasteiger partial charge in [-0.15, -0.1) is 0 Å². The maximum absolute atomic E-state index is 11.3. The van der Waals surface area contributed by atoms with Crippen LogP contribution in [0.5, 0.6) is 11.5 Å². The van der Waals surface area contributed by atoms with Crippen LogP contribution in [0.2, 0.25) is 0 Å². The van der Waals surface area contributed by atoms with Crippen LogP contribution in [0.3, 0.4) is 0 Å². The Bertz CT molecular complexity index is 984. The number of phenolic OH excluding ortho intramolecular Hbond substituents is 1. The number of ether oxygens (including phenoxy) is 2. The van der Waals surface area contributed by atoms with Crippen molar-refractivity contribution in [2.24, 2.45) is 5.92 Å². The number of hydrogen-bond donors (Lipinski definition) is 2. The number of carbonyl (C=O) groups is 1. The van der Waals surface area contributed by atoms with Crippen LogP contribution in [-0.4, -0.2) is 59.0 Å². The molecule has 1 saturated heterocycles. The van der Waals surface area contributed by atoms with Crippen LogP contribution in [0.1, 0.15) is 103 Å². The fourth-order valence-electron chi connectivity index (χ4n) is 6.74. The van der Waals surface area contributed by atoms with Gasteiger partial charge in [0.2, 0.25) is 0 Å². The molecular formula is C31H47NO5. The van der Waals surface area contributed by atoms with Crippen molar-refractivity contribution in [2.45, 2.75) is 115 Å². The number of phenols is 1. The Labute approximate surface area is 223 Å². The molecule has 0 saturated carbocycles. The zero-order valence-corrected chi connectivity index (χ0v) is 23.5. The van der Waals surface area contributed by atoms with Gasteiger partial charge in [0.15, 0.2) is 0 Å². The van der Waals surface area contributed by atoms with E-state index >= 15 is 0 Å². The lowest BCUT2D eigenvalue weighted by Crippen LogP contribution is -2.46. The van der Waals surface area contributed by atoms with E-state index in [0.29, 0.717) is 31.7 Å². The molecule has 2 N–H and O–H groups in total. The van der Waals surface area contributed by atoms with E-state index < -0.39 is 6.10 Å². The van der Waals surface area contributed by atoms with E-state index in [1.165, 1.54) is 25.7 Å². The van der Waals surface area contributed by atoms with Gasteiger partial charge >= 0.3 is 0 Å². The highest BCUT2D eigenvalue weighted by Crippen LogP contribution is 2.55. The van der Waals surface area contributed by atoms with E-state index in [1.807, 2.05) is 6.07 Å². The van der Waals surface area contributed by atoms with Gasteiger partial charge in [0, 0.05) is 37.0 Å². The molecule has 2 aliphatic heterocycles. The number of unbranched alkanes of at least 4 members (excludes halogenated alkanes) is 3. The first-order valence-corrected chi connectivity index (χ1v) is 14.3. The highest BCUT2D eigenvalue weighted by atomic mass is 16.5. The Morgan fingerprint density at radius 3 is 2.78 bits per heavy atom. The Morgan fingerprint density at radius 1 is 1.27 bits per heavy atom. The summed E-state index contributed by atoms with van der Waals surface area (Å²) >= 11 is 0. The summed E-state index contributed by atoms with van der Waals surface area (Å²) in [5.41, 5.74) is 2.65. The molecule has 1 aromatic rings. The molecular weight excluding hydrogens is 466 g/mol. The number of nitrogens with zero attached hydrogens (tertiary/aromatic N) is 1. The molecule has 1 fully saturated rings. The second kappa shape index (κ2) is 11.4.